The highest BCUT2D eigenvalue weighted by Crippen LogP contribution is 2.41. The van der Waals surface area contributed by atoms with Crippen molar-refractivity contribution in [2.24, 2.45) is 28.8 Å². The molecule has 3 aliphatic heterocycles. The lowest BCUT2D eigenvalue weighted by Gasteiger charge is -2.49. The van der Waals surface area contributed by atoms with Gasteiger partial charge in [-0.1, -0.05) is 39.8 Å². The first kappa shape index (κ1) is 51.8. The molecule has 3 rings (SSSR count). The molecule has 3 heterocycles. The molecule has 18 atom stereocenters. The number of methoxy groups -OCH3 is 2. The van der Waals surface area contributed by atoms with Crippen LogP contribution >= 0.6 is 0 Å². The average Bonchev–Trinajstić information content (AvgIpc) is 3.18. The Labute approximate surface area is 351 Å². The van der Waals surface area contributed by atoms with E-state index in [2.05, 4.69) is 10.5 Å². The molecule has 0 bridgehead atoms. The van der Waals surface area contributed by atoms with Crippen LogP contribution in [0.15, 0.2) is 5.16 Å². The van der Waals surface area contributed by atoms with E-state index in [0.29, 0.717) is 25.3 Å². The first-order valence-corrected chi connectivity index (χ1v) is 21.5. The van der Waals surface area contributed by atoms with Gasteiger partial charge in [-0.3, -0.25) is 4.79 Å². The van der Waals surface area contributed by atoms with E-state index in [1.165, 1.54) is 14.0 Å². The summed E-state index contributed by atoms with van der Waals surface area (Å²) in [4.78, 5) is 19.9. The van der Waals surface area contributed by atoms with E-state index >= 15 is 0 Å². The normalized spacial score (nSPS) is 45.2. The molecule has 0 aliphatic carbocycles. The van der Waals surface area contributed by atoms with E-state index in [-0.39, 0.29) is 44.8 Å². The summed E-state index contributed by atoms with van der Waals surface area (Å²) in [6.45, 7) is 20.0. The van der Waals surface area contributed by atoms with Gasteiger partial charge in [0.1, 0.15) is 23.9 Å². The maximum absolute atomic E-state index is 14.3. The van der Waals surface area contributed by atoms with Crippen molar-refractivity contribution in [1.82, 2.24) is 5.32 Å². The molecule has 0 aromatic rings. The molecule has 0 saturated carbocycles. The number of carbonyl (C=O) groups excluding carboxylic acids is 1. The van der Waals surface area contributed by atoms with Crippen molar-refractivity contribution in [3.8, 4) is 0 Å². The van der Waals surface area contributed by atoms with Gasteiger partial charge in [-0.05, 0) is 73.8 Å². The Morgan fingerprint density at radius 3 is 2.19 bits per heavy atom. The van der Waals surface area contributed by atoms with E-state index in [1.54, 1.807) is 55.6 Å². The molecular weight excluding hydrogens is 772 g/mol. The first-order chi connectivity index (χ1) is 27.6. The number of carbonyl (C=O) groups is 1. The largest absolute Gasteiger partial charge is 0.459 e. The zero-order valence-corrected chi connectivity index (χ0v) is 37.8. The predicted molar refractivity (Wildman–Crippen MR) is 217 cm³/mol. The number of hydrogen-bond acceptors (Lipinski definition) is 17. The number of aliphatic hydroxyl groups excluding tert-OH is 3. The van der Waals surface area contributed by atoms with Crippen LogP contribution in [0, 0.1) is 23.7 Å². The van der Waals surface area contributed by atoms with Crippen LogP contribution in [0.3, 0.4) is 0 Å². The van der Waals surface area contributed by atoms with Crippen molar-refractivity contribution in [3.05, 3.63) is 0 Å². The van der Waals surface area contributed by atoms with Crippen molar-refractivity contribution in [3.63, 3.8) is 0 Å². The summed E-state index contributed by atoms with van der Waals surface area (Å²) in [6, 6.07) is -0.360. The molecular formula is C42H78N2O15. The van der Waals surface area contributed by atoms with E-state index in [4.69, 9.17) is 42.7 Å². The van der Waals surface area contributed by atoms with Crippen molar-refractivity contribution in [2.75, 3.05) is 40.8 Å². The maximum atomic E-state index is 14.3. The monoisotopic (exact) mass is 851 g/mol. The number of aliphatic hydroxyl groups is 5. The third kappa shape index (κ3) is 13.0. The fourth-order valence-electron chi connectivity index (χ4n) is 8.98. The van der Waals surface area contributed by atoms with Crippen molar-refractivity contribution in [2.45, 2.75) is 193 Å². The van der Waals surface area contributed by atoms with Gasteiger partial charge in [0, 0.05) is 44.4 Å². The molecule has 0 amide bonds. The van der Waals surface area contributed by atoms with Crippen LogP contribution in [0.25, 0.3) is 0 Å². The SMILES string of the molecule is CCCN[C@H]1C[C@@H](C)O[C@@H](O[C@@H]2[C@@H](C)[C@H](O[C@H]3C[C@@](C)(OC)[C@@H](O)[C@H](C)O3)[C@@H](C)C(=O)O[C@H](CC)[C@@](C)(O)[C@H](O)[C@@H](C)/C(=N/OCOCCOC)[C@H](C)C[C@@]2(C)O)[C@@H]1O. The van der Waals surface area contributed by atoms with E-state index in [1.807, 2.05) is 20.8 Å². The molecule has 0 radical (unpaired) electrons. The molecule has 17 heteroatoms. The first-order valence-electron chi connectivity index (χ1n) is 21.5. The highest BCUT2D eigenvalue weighted by atomic mass is 16.7. The Kier molecular flexibility index (Phi) is 19.9. The zero-order chi connectivity index (χ0) is 44.5. The average molecular weight is 851 g/mol. The third-order valence-electron chi connectivity index (χ3n) is 12.6. The number of nitrogens with one attached hydrogen (secondary N) is 1. The Hall–Kier alpha value is -1.58. The van der Waals surface area contributed by atoms with Gasteiger partial charge in [0.25, 0.3) is 0 Å². The summed E-state index contributed by atoms with van der Waals surface area (Å²) in [5, 5.41) is 67.1. The second-order valence-electron chi connectivity index (χ2n) is 17.8. The summed E-state index contributed by atoms with van der Waals surface area (Å²) in [7, 11) is 3.04. The van der Waals surface area contributed by atoms with Gasteiger partial charge in [-0.2, -0.15) is 0 Å². The molecule has 3 aliphatic rings. The molecule has 6 N–H and O–H groups in total. The van der Waals surface area contributed by atoms with Crippen LogP contribution in [0.5, 0.6) is 0 Å². The lowest BCUT2D eigenvalue weighted by molar-refractivity contribution is -0.316. The van der Waals surface area contributed by atoms with Crippen LogP contribution in [0.4, 0.5) is 0 Å². The molecule has 0 spiro atoms. The van der Waals surface area contributed by atoms with Gasteiger partial charge in [0.05, 0.1) is 66.6 Å². The van der Waals surface area contributed by atoms with Gasteiger partial charge >= 0.3 is 5.97 Å². The van der Waals surface area contributed by atoms with Crippen LogP contribution in [0.1, 0.15) is 108 Å². The van der Waals surface area contributed by atoms with E-state index in [0.717, 1.165) is 6.42 Å². The van der Waals surface area contributed by atoms with Crippen LogP contribution in [-0.2, 0) is 47.5 Å². The summed E-state index contributed by atoms with van der Waals surface area (Å²) in [5.41, 5.74) is -4.49. The molecule has 0 aromatic heterocycles. The number of esters is 1. The summed E-state index contributed by atoms with van der Waals surface area (Å²) >= 11 is 0. The Bertz CT molecular complexity index is 1310. The second-order valence-corrected chi connectivity index (χ2v) is 17.8. The van der Waals surface area contributed by atoms with Crippen molar-refractivity contribution < 1.29 is 73.1 Å². The molecule has 346 valence electrons. The standard InChI is InChI=1S/C42H78N2O15/c1-14-16-43-29-19-24(4)55-39(33(29)45)59-37-26(6)34(58-31-21-41(10,52-13)36(47)28(8)56-31)27(7)38(48)57-30(15-2)42(11,50)35(46)25(5)32(23(3)20-40(37,9)49)44-54-22-53-18-17-51-12/h23-31,33-37,39,43,45-47,49-50H,14-22H2,1-13H3/b44-32+/t23-,24-,25+,26+,27-,28+,29+,30-,31+,33-,34+,35-,36+,37-,39+,40-,41-,42-/m1/s1. The molecule has 17 nitrogen and oxygen atoms in total. The highest BCUT2D eigenvalue weighted by Gasteiger charge is 2.53. The molecule has 3 fully saturated rings. The number of oxime groups is 1. The molecule has 0 aromatic carbocycles. The van der Waals surface area contributed by atoms with Crippen LogP contribution in [0.2, 0.25) is 0 Å². The van der Waals surface area contributed by atoms with Crippen molar-refractivity contribution in [1.29, 1.82) is 0 Å². The number of cyclic esters (lactones) is 1. The lowest BCUT2D eigenvalue weighted by atomic mass is 9.73. The van der Waals surface area contributed by atoms with Crippen LogP contribution in [-0.4, -0.2) is 162 Å². The minimum atomic E-state index is -1.97. The van der Waals surface area contributed by atoms with Gasteiger partial charge in [-0.25, -0.2) is 0 Å². The minimum absolute atomic E-state index is 0.0303. The quantitative estimate of drug-likeness (QED) is 0.0603. The topological polar surface area (TPSA) is 226 Å². The predicted octanol–water partition coefficient (Wildman–Crippen LogP) is 2.65. The molecule has 3 saturated heterocycles. The highest BCUT2D eigenvalue weighted by molar-refractivity contribution is 5.88. The smallest absolute Gasteiger partial charge is 0.311 e. The molecule has 59 heavy (non-hydrogen) atoms. The van der Waals surface area contributed by atoms with Crippen molar-refractivity contribution >= 4 is 11.7 Å². The maximum Gasteiger partial charge on any atom is 0.311 e. The van der Waals surface area contributed by atoms with Gasteiger partial charge in [0.15, 0.2) is 12.6 Å². The Morgan fingerprint density at radius 2 is 1.58 bits per heavy atom. The Balaban J connectivity index is 2.21. The lowest BCUT2D eigenvalue weighted by Crippen LogP contribution is -2.61. The second kappa shape index (κ2) is 22.7. The summed E-state index contributed by atoms with van der Waals surface area (Å²) < 4.78 is 48.2. The summed E-state index contributed by atoms with van der Waals surface area (Å²) in [5.74, 6) is -4.14. The fourth-order valence-corrected chi connectivity index (χ4v) is 8.98. The van der Waals surface area contributed by atoms with Crippen LogP contribution < -0.4 is 5.32 Å². The molecule has 0 unspecified atom stereocenters. The van der Waals surface area contributed by atoms with E-state index in [9.17, 15) is 30.3 Å². The van der Waals surface area contributed by atoms with E-state index < -0.39 is 102 Å². The third-order valence-corrected chi connectivity index (χ3v) is 12.6. The van der Waals surface area contributed by atoms with Gasteiger partial charge < -0.3 is 73.6 Å². The fraction of sp³-hybridized carbons (Fsp3) is 0.952. The number of ether oxygens (including phenoxy) is 8. The minimum Gasteiger partial charge on any atom is -0.459 e. The number of nitrogens with zero attached hydrogens (tertiary/aromatic N) is 1. The van der Waals surface area contributed by atoms with Gasteiger partial charge in [-0.15, -0.1) is 0 Å². The zero-order valence-electron chi connectivity index (χ0n) is 37.8. The Morgan fingerprint density at radius 1 is 0.898 bits per heavy atom. The van der Waals surface area contributed by atoms with Gasteiger partial charge in [0.2, 0.25) is 6.79 Å². The number of rotatable bonds is 15. The number of hydrogen-bond donors (Lipinski definition) is 6. The summed E-state index contributed by atoms with van der Waals surface area (Å²) in [6.07, 6.45) is -8.67.